The van der Waals surface area contributed by atoms with Gasteiger partial charge in [-0.1, -0.05) is 13.0 Å². The lowest BCUT2D eigenvalue weighted by Crippen LogP contribution is -2.30. The molecule has 1 fully saturated rings. The van der Waals surface area contributed by atoms with Gasteiger partial charge >= 0.3 is 5.97 Å². The third-order valence-electron chi connectivity index (χ3n) is 4.14. The van der Waals surface area contributed by atoms with Crippen molar-refractivity contribution < 1.29 is 9.90 Å². The third kappa shape index (κ3) is 4.05. The van der Waals surface area contributed by atoms with E-state index >= 15 is 0 Å². The van der Waals surface area contributed by atoms with Crippen LogP contribution in [0.15, 0.2) is 17.5 Å². The van der Waals surface area contributed by atoms with E-state index in [9.17, 15) is 4.79 Å². The summed E-state index contributed by atoms with van der Waals surface area (Å²) in [7, 11) is 0. The predicted octanol–water partition coefficient (Wildman–Crippen LogP) is 3.68. The molecule has 0 radical (unpaired) electrons. The Labute approximate surface area is 119 Å². The summed E-state index contributed by atoms with van der Waals surface area (Å²) in [6, 6.07) is 4.74. The van der Waals surface area contributed by atoms with Gasteiger partial charge in [-0.3, -0.25) is 4.79 Å². The van der Waals surface area contributed by atoms with Crippen LogP contribution in [0.3, 0.4) is 0 Å². The Hall–Kier alpha value is -0.870. The lowest BCUT2D eigenvalue weighted by atomic mass is 9.82. The Morgan fingerprint density at radius 2 is 2.21 bits per heavy atom. The summed E-state index contributed by atoms with van der Waals surface area (Å²) in [6.45, 7) is 3.22. The molecular weight excluding hydrogens is 258 g/mol. The molecule has 1 aliphatic rings. The third-order valence-corrected chi connectivity index (χ3v) is 5.13. The van der Waals surface area contributed by atoms with Crippen LogP contribution in [0.1, 0.15) is 49.9 Å². The summed E-state index contributed by atoms with van der Waals surface area (Å²) in [4.78, 5) is 12.3. The van der Waals surface area contributed by atoms with Crippen LogP contribution >= 0.6 is 11.3 Å². The maximum atomic E-state index is 10.9. The second-order valence-corrected chi connectivity index (χ2v) is 6.42. The molecule has 3 nitrogen and oxygen atoms in total. The van der Waals surface area contributed by atoms with Gasteiger partial charge in [-0.15, -0.1) is 11.3 Å². The molecule has 1 heterocycles. The van der Waals surface area contributed by atoms with Gasteiger partial charge in [0.1, 0.15) is 0 Å². The molecule has 0 bridgehead atoms. The molecule has 0 saturated heterocycles. The van der Waals surface area contributed by atoms with Crippen molar-refractivity contribution >= 4 is 17.3 Å². The zero-order chi connectivity index (χ0) is 13.7. The average molecular weight is 281 g/mol. The predicted molar refractivity (Wildman–Crippen MR) is 78.4 cm³/mol. The van der Waals surface area contributed by atoms with Crippen LogP contribution in [0.5, 0.6) is 0 Å². The molecule has 0 aromatic carbocycles. The lowest BCUT2D eigenvalue weighted by Gasteiger charge is -2.27. The zero-order valence-electron chi connectivity index (χ0n) is 11.5. The van der Waals surface area contributed by atoms with Gasteiger partial charge in [0, 0.05) is 10.9 Å². The number of thiophene rings is 1. The van der Waals surface area contributed by atoms with E-state index < -0.39 is 5.97 Å². The Bertz CT molecular complexity index is 383. The fourth-order valence-corrected chi connectivity index (χ4v) is 3.74. The average Bonchev–Trinajstić information content (AvgIpc) is 2.94. The van der Waals surface area contributed by atoms with Gasteiger partial charge in [-0.25, -0.2) is 0 Å². The fraction of sp³-hybridized carbons (Fsp3) is 0.667. The number of carboxylic acids is 1. The molecule has 1 atom stereocenters. The van der Waals surface area contributed by atoms with E-state index in [1.54, 1.807) is 11.3 Å². The quantitative estimate of drug-likeness (QED) is 0.836. The molecule has 1 aromatic rings. The minimum Gasteiger partial charge on any atom is -0.481 e. The Morgan fingerprint density at radius 3 is 2.74 bits per heavy atom. The molecule has 1 aliphatic carbocycles. The summed E-state index contributed by atoms with van der Waals surface area (Å²) in [5, 5.41) is 14.8. The molecule has 0 spiro atoms. The zero-order valence-corrected chi connectivity index (χ0v) is 12.3. The monoisotopic (exact) mass is 281 g/mol. The maximum absolute atomic E-state index is 10.9. The van der Waals surface area contributed by atoms with E-state index in [1.165, 1.54) is 4.88 Å². The molecule has 4 heteroatoms. The maximum Gasteiger partial charge on any atom is 0.306 e. The van der Waals surface area contributed by atoms with Crippen LogP contribution in [0.4, 0.5) is 0 Å². The lowest BCUT2D eigenvalue weighted by molar-refractivity contribution is -0.143. The topological polar surface area (TPSA) is 49.3 Å². The smallest absolute Gasteiger partial charge is 0.306 e. The molecule has 2 N–H and O–H groups in total. The van der Waals surface area contributed by atoms with Crippen molar-refractivity contribution in [3.63, 3.8) is 0 Å². The Kier molecular flexibility index (Phi) is 5.40. The number of carboxylic acid groups (broad SMARTS) is 1. The molecule has 2 rings (SSSR count). The van der Waals surface area contributed by atoms with E-state index in [4.69, 9.17) is 5.11 Å². The first kappa shape index (κ1) is 14.5. The van der Waals surface area contributed by atoms with Crippen LogP contribution in [0, 0.1) is 11.8 Å². The number of rotatable bonds is 6. The largest absolute Gasteiger partial charge is 0.481 e. The summed E-state index contributed by atoms with van der Waals surface area (Å²) in [5.41, 5.74) is 0. The highest BCUT2D eigenvalue weighted by molar-refractivity contribution is 7.10. The van der Waals surface area contributed by atoms with Crippen molar-refractivity contribution in [2.45, 2.75) is 45.1 Å². The summed E-state index contributed by atoms with van der Waals surface area (Å²) >= 11 is 1.81. The summed E-state index contributed by atoms with van der Waals surface area (Å²) in [5.74, 6) is -0.0726. The fourth-order valence-electron chi connectivity index (χ4n) is 2.86. The summed E-state index contributed by atoms with van der Waals surface area (Å²) in [6.07, 6.45) is 4.88. The number of hydrogen-bond acceptors (Lipinski definition) is 3. The highest BCUT2D eigenvalue weighted by atomic mass is 32.1. The van der Waals surface area contributed by atoms with E-state index in [0.29, 0.717) is 12.0 Å². The second-order valence-electron chi connectivity index (χ2n) is 5.44. The van der Waals surface area contributed by atoms with E-state index in [0.717, 1.165) is 38.6 Å². The van der Waals surface area contributed by atoms with Crippen LogP contribution in [-0.2, 0) is 4.79 Å². The van der Waals surface area contributed by atoms with Gasteiger partial charge in [-0.05, 0) is 56.0 Å². The van der Waals surface area contributed by atoms with Crippen molar-refractivity contribution in [1.29, 1.82) is 0 Å². The van der Waals surface area contributed by atoms with Crippen molar-refractivity contribution in [2.24, 2.45) is 11.8 Å². The van der Waals surface area contributed by atoms with E-state index in [1.807, 2.05) is 0 Å². The molecule has 1 saturated carbocycles. The van der Waals surface area contributed by atoms with Gasteiger partial charge in [0.15, 0.2) is 0 Å². The van der Waals surface area contributed by atoms with Crippen LogP contribution in [0.2, 0.25) is 0 Å². The molecule has 0 aliphatic heterocycles. The van der Waals surface area contributed by atoms with Gasteiger partial charge < -0.3 is 10.4 Å². The van der Waals surface area contributed by atoms with Crippen LogP contribution in [0.25, 0.3) is 0 Å². The van der Waals surface area contributed by atoms with E-state index in [2.05, 4.69) is 29.8 Å². The minimum absolute atomic E-state index is 0.101. The number of carbonyl (C=O) groups is 1. The minimum atomic E-state index is -0.614. The standard InChI is InChI=1S/C15H23NO2S/c1-2-13(14-4-3-9-19-14)16-10-11-5-7-12(8-6-11)15(17)18/h3-4,9,11-13,16H,2,5-8,10H2,1H3,(H,17,18). The van der Waals surface area contributed by atoms with Gasteiger partial charge in [-0.2, -0.15) is 0 Å². The Morgan fingerprint density at radius 1 is 1.47 bits per heavy atom. The van der Waals surface area contributed by atoms with Crippen molar-refractivity contribution in [3.05, 3.63) is 22.4 Å². The van der Waals surface area contributed by atoms with Crippen molar-refractivity contribution in [2.75, 3.05) is 6.54 Å². The SMILES string of the molecule is CCC(NCC1CCC(C(=O)O)CC1)c1cccs1. The van der Waals surface area contributed by atoms with Crippen LogP contribution < -0.4 is 5.32 Å². The molecule has 19 heavy (non-hydrogen) atoms. The van der Waals surface area contributed by atoms with Gasteiger partial charge in [0.25, 0.3) is 0 Å². The molecule has 106 valence electrons. The molecule has 0 amide bonds. The van der Waals surface area contributed by atoms with Gasteiger partial charge in [0.05, 0.1) is 5.92 Å². The second kappa shape index (κ2) is 7.06. The van der Waals surface area contributed by atoms with Crippen molar-refractivity contribution in [3.8, 4) is 0 Å². The van der Waals surface area contributed by atoms with Gasteiger partial charge in [0.2, 0.25) is 0 Å². The normalized spacial score (nSPS) is 25.1. The summed E-state index contributed by atoms with van der Waals surface area (Å²) < 4.78 is 0. The highest BCUT2D eigenvalue weighted by Crippen LogP contribution is 2.29. The first-order chi connectivity index (χ1) is 9.20. The Balaban J connectivity index is 1.75. The van der Waals surface area contributed by atoms with E-state index in [-0.39, 0.29) is 5.92 Å². The first-order valence-corrected chi connectivity index (χ1v) is 8.08. The first-order valence-electron chi connectivity index (χ1n) is 7.20. The van der Waals surface area contributed by atoms with Crippen molar-refractivity contribution in [1.82, 2.24) is 5.32 Å². The number of nitrogens with one attached hydrogen (secondary N) is 1. The highest BCUT2D eigenvalue weighted by Gasteiger charge is 2.26. The molecule has 1 aromatic heterocycles. The molecule has 1 unspecified atom stereocenters. The molecular formula is C15H23NO2S. The number of hydrogen-bond donors (Lipinski definition) is 2. The number of aliphatic carboxylic acids is 1. The van der Waals surface area contributed by atoms with Crippen LogP contribution in [-0.4, -0.2) is 17.6 Å².